The molecule has 0 bridgehead atoms. The molecule has 3 rings (SSSR count). The molecule has 1 aromatic carbocycles. The maximum atomic E-state index is 12.6. The van der Waals surface area contributed by atoms with E-state index in [0.717, 1.165) is 22.5 Å². The summed E-state index contributed by atoms with van der Waals surface area (Å²) in [4.78, 5) is 16.8. The van der Waals surface area contributed by atoms with Crippen LogP contribution >= 0.6 is 23.2 Å². The normalized spacial score (nSPS) is 12.0. The minimum Gasteiger partial charge on any atom is -0.345 e. The van der Waals surface area contributed by atoms with E-state index in [0.29, 0.717) is 23.0 Å². The van der Waals surface area contributed by atoms with Crippen LogP contribution in [-0.4, -0.2) is 20.7 Å². The van der Waals surface area contributed by atoms with Gasteiger partial charge in [-0.3, -0.25) is 14.5 Å². The van der Waals surface area contributed by atoms with Gasteiger partial charge in [-0.1, -0.05) is 41.4 Å². The summed E-state index contributed by atoms with van der Waals surface area (Å²) in [5.41, 5.74) is 3.48. The number of benzene rings is 1. The van der Waals surface area contributed by atoms with Crippen LogP contribution in [0.3, 0.4) is 0 Å². The monoisotopic (exact) mass is 402 g/mol. The number of carbonyl (C=O) groups is 1. The molecule has 0 aliphatic heterocycles. The van der Waals surface area contributed by atoms with Crippen LogP contribution in [-0.2, 0) is 11.3 Å². The van der Waals surface area contributed by atoms with Gasteiger partial charge in [0.25, 0.3) is 0 Å². The third-order valence-electron chi connectivity index (χ3n) is 4.37. The molecular weight excluding hydrogens is 383 g/mol. The molecule has 0 spiro atoms. The topological polar surface area (TPSA) is 59.8 Å². The zero-order valence-corrected chi connectivity index (χ0v) is 16.6. The number of rotatable bonds is 6. The first-order valence-corrected chi connectivity index (χ1v) is 9.35. The zero-order valence-electron chi connectivity index (χ0n) is 15.1. The standard InChI is InChI=1S/C20H20Cl2N4O/c1-13-19(22)14(2)26(25-13)11-9-18(27)24-20(16-4-3-10-23-12-16)15-5-7-17(21)8-6-15/h3-8,10,12,20H,9,11H2,1-2H3,(H,24,27)/t20-/m0/s1. The number of hydrogen-bond acceptors (Lipinski definition) is 3. The Morgan fingerprint density at radius 2 is 1.89 bits per heavy atom. The van der Waals surface area contributed by atoms with E-state index in [2.05, 4.69) is 15.4 Å². The van der Waals surface area contributed by atoms with Gasteiger partial charge in [-0.25, -0.2) is 0 Å². The van der Waals surface area contributed by atoms with Gasteiger partial charge in [-0.15, -0.1) is 0 Å². The molecule has 0 saturated heterocycles. The predicted octanol–water partition coefficient (Wildman–Crippen LogP) is 4.50. The first-order chi connectivity index (χ1) is 13.0. The second kappa shape index (κ2) is 8.55. The third-order valence-corrected chi connectivity index (χ3v) is 5.17. The number of carbonyl (C=O) groups excluding carboxylic acids is 1. The third kappa shape index (κ3) is 4.67. The number of amides is 1. The molecule has 0 fully saturated rings. The summed E-state index contributed by atoms with van der Waals surface area (Å²) in [7, 11) is 0. The highest BCUT2D eigenvalue weighted by Gasteiger charge is 2.18. The van der Waals surface area contributed by atoms with Crippen LogP contribution in [0.2, 0.25) is 10.0 Å². The van der Waals surface area contributed by atoms with Crippen molar-refractivity contribution in [3.8, 4) is 0 Å². The molecule has 0 aliphatic carbocycles. The quantitative estimate of drug-likeness (QED) is 0.660. The minimum atomic E-state index is -0.299. The van der Waals surface area contributed by atoms with E-state index >= 15 is 0 Å². The molecule has 0 aliphatic rings. The van der Waals surface area contributed by atoms with Crippen LogP contribution in [0.15, 0.2) is 48.8 Å². The number of pyridine rings is 1. The molecule has 3 aromatic rings. The lowest BCUT2D eigenvalue weighted by Gasteiger charge is -2.20. The summed E-state index contributed by atoms with van der Waals surface area (Å²) in [6.45, 7) is 4.21. The van der Waals surface area contributed by atoms with Gasteiger partial charge >= 0.3 is 0 Å². The van der Waals surface area contributed by atoms with Crippen molar-refractivity contribution in [3.63, 3.8) is 0 Å². The van der Waals surface area contributed by atoms with Gasteiger partial charge in [0.05, 0.1) is 29.0 Å². The van der Waals surface area contributed by atoms with E-state index < -0.39 is 0 Å². The van der Waals surface area contributed by atoms with Crippen molar-refractivity contribution >= 4 is 29.1 Å². The fourth-order valence-electron chi connectivity index (χ4n) is 2.89. The summed E-state index contributed by atoms with van der Waals surface area (Å²) >= 11 is 12.2. The molecule has 1 atom stereocenters. The van der Waals surface area contributed by atoms with E-state index in [1.807, 2.05) is 50.2 Å². The van der Waals surface area contributed by atoms with E-state index in [9.17, 15) is 4.79 Å². The summed E-state index contributed by atoms with van der Waals surface area (Å²) in [5.74, 6) is -0.0810. The molecule has 2 aromatic heterocycles. The highest BCUT2D eigenvalue weighted by molar-refractivity contribution is 6.31. The van der Waals surface area contributed by atoms with Gasteiger partial charge in [0.2, 0.25) is 5.91 Å². The van der Waals surface area contributed by atoms with Gasteiger partial charge in [0.1, 0.15) is 0 Å². The number of nitrogens with zero attached hydrogens (tertiary/aromatic N) is 3. The molecule has 1 amide bonds. The molecule has 0 radical (unpaired) electrons. The lowest BCUT2D eigenvalue weighted by molar-refractivity contribution is -0.121. The van der Waals surface area contributed by atoms with Crippen LogP contribution in [0.25, 0.3) is 0 Å². The van der Waals surface area contributed by atoms with Crippen LogP contribution in [0, 0.1) is 13.8 Å². The maximum absolute atomic E-state index is 12.6. The molecule has 0 saturated carbocycles. The van der Waals surface area contributed by atoms with Crippen molar-refractivity contribution < 1.29 is 4.79 Å². The summed E-state index contributed by atoms with van der Waals surface area (Å²) in [5, 5.41) is 8.74. The summed E-state index contributed by atoms with van der Waals surface area (Å²) in [6, 6.07) is 10.9. The summed E-state index contributed by atoms with van der Waals surface area (Å²) < 4.78 is 1.76. The van der Waals surface area contributed by atoms with Crippen LogP contribution in [0.1, 0.15) is 35.0 Å². The van der Waals surface area contributed by atoms with Crippen LogP contribution in [0.4, 0.5) is 0 Å². The molecule has 0 unspecified atom stereocenters. The van der Waals surface area contributed by atoms with Gasteiger partial charge in [0, 0.05) is 23.8 Å². The Morgan fingerprint density at radius 3 is 2.48 bits per heavy atom. The molecule has 140 valence electrons. The fourth-order valence-corrected chi connectivity index (χ4v) is 3.16. The summed E-state index contributed by atoms with van der Waals surface area (Å²) in [6.07, 6.45) is 3.75. The number of aromatic nitrogens is 3. The molecule has 7 heteroatoms. The SMILES string of the molecule is Cc1nn(CCC(=O)N[C@@H](c2ccc(Cl)cc2)c2cccnc2)c(C)c1Cl. The minimum absolute atomic E-state index is 0.0810. The predicted molar refractivity (Wildman–Crippen MR) is 107 cm³/mol. The molecule has 27 heavy (non-hydrogen) atoms. The second-order valence-electron chi connectivity index (χ2n) is 6.30. The average Bonchev–Trinajstić information content (AvgIpc) is 2.93. The molecule has 1 N–H and O–H groups in total. The van der Waals surface area contributed by atoms with Crippen LogP contribution in [0.5, 0.6) is 0 Å². The van der Waals surface area contributed by atoms with E-state index in [-0.39, 0.29) is 11.9 Å². The van der Waals surface area contributed by atoms with Crippen molar-refractivity contribution in [3.05, 3.63) is 81.4 Å². The number of aryl methyl sites for hydroxylation is 2. The highest BCUT2D eigenvalue weighted by atomic mass is 35.5. The lowest BCUT2D eigenvalue weighted by atomic mass is 10.00. The lowest BCUT2D eigenvalue weighted by Crippen LogP contribution is -2.30. The number of hydrogen-bond donors (Lipinski definition) is 1. The van der Waals surface area contributed by atoms with E-state index in [1.54, 1.807) is 17.1 Å². The maximum Gasteiger partial charge on any atom is 0.222 e. The largest absolute Gasteiger partial charge is 0.345 e. The van der Waals surface area contributed by atoms with Gasteiger partial charge in [0.15, 0.2) is 0 Å². The number of nitrogens with one attached hydrogen (secondary N) is 1. The Morgan fingerprint density at radius 1 is 1.15 bits per heavy atom. The van der Waals surface area contributed by atoms with Gasteiger partial charge in [-0.2, -0.15) is 5.10 Å². The Labute approximate surface area is 168 Å². The zero-order chi connectivity index (χ0) is 19.4. The van der Waals surface area contributed by atoms with Crippen molar-refractivity contribution in [2.75, 3.05) is 0 Å². The molecule has 5 nitrogen and oxygen atoms in total. The van der Waals surface area contributed by atoms with Crippen molar-refractivity contribution in [2.24, 2.45) is 0 Å². The first kappa shape index (κ1) is 19.4. The average molecular weight is 403 g/mol. The fraction of sp³-hybridized carbons (Fsp3) is 0.250. The van der Waals surface area contributed by atoms with E-state index in [1.165, 1.54) is 0 Å². The smallest absolute Gasteiger partial charge is 0.222 e. The van der Waals surface area contributed by atoms with Crippen molar-refractivity contribution in [1.29, 1.82) is 0 Å². The second-order valence-corrected chi connectivity index (χ2v) is 7.11. The first-order valence-electron chi connectivity index (χ1n) is 8.60. The van der Waals surface area contributed by atoms with E-state index in [4.69, 9.17) is 23.2 Å². The molecule has 2 heterocycles. The van der Waals surface area contributed by atoms with Crippen LogP contribution < -0.4 is 5.32 Å². The van der Waals surface area contributed by atoms with Crippen molar-refractivity contribution in [1.82, 2.24) is 20.1 Å². The van der Waals surface area contributed by atoms with Gasteiger partial charge in [-0.05, 0) is 43.2 Å². The van der Waals surface area contributed by atoms with Gasteiger partial charge < -0.3 is 5.32 Å². The molecular formula is C20H20Cl2N4O. The highest BCUT2D eigenvalue weighted by Crippen LogP contribution is 2.23. The Bertz CT molecular complexity index is 923. The van der Waals surface area contributed by atoms with Crippen molar-refractivity contribution in [2.45, 2.75) is 32.9 Å². The Kier molecular flexibility index (Phi) is 6.14. The Balaban J connectivity index is 1.74. The Hall–Kier alpha value is -2.37. The number of halogens is 2.